The lowest BCUT2D eigenvalue weighted by Crippen LogP contribution is -1.90. The molecule has 0 unspecified atom stereocenters. The van der Waals surface area contributed by atoms with E-state index in [2.05, 4.69) is 6.07 Å². The van der Waals surface area contributed by atoms with Crippen molar-refractivity contribution in [3.8, 4) is 17.2 Å². The first-order chi connectivity index (χ1) is 8.60. The second kappa shape index (κ2) is 5.39. The van der Waals surface area contributed by atoms with Crippen LogP contribution in [0.4, 0.5) is 4.39 Å². The lowest BCUT2D eigenvalue weighted by molar-refractivity contribution is 0.628. The van der Waals surface area contributed by atoms with Crippen LogP contribution in [0.2, 0.25) is 10.0 Å². The molecule has 0 aliphatic rings. The molecule has 2 rings (SSSR count). The first-order valence-electron chi connectivity index (χ1n) is 5.22. The Morgan fingerprint density at radius 2 is 1.72 bits per heavy atom. The molecule has 0 spiro atoms. The highest BCUT2D eigenvalue weighted by atomic mass is 35.5. The maximum absolute atomic E-state index is 13.3. The lowest BCUT2D eigenvalue weighted by Gasteiger charge is -2.08. The standard InChI is InChI=1S/C14H8Cl2FN/c15-11-5-10(6-12(16)7-11)14-8-13(17)2-1-9(14)3-4-18/h1-2,5-8H,3H2. The van der Waals surface area contributed by atoms with Gasteiger partial charge in [-0.3, -0.25) is 0 Å². The van der Waals surface area contributed by atoms with Crippen molar-refractivity contribution in [2.45, 2.75) is 6.42 Å². The minimum Gasteiger partial charge on any atom is -0.207 e. The molecule has 0 N–H and O–H groups in total. The molecule has 90 valence electrons. The second-order valence-corrected chi connectivity index (χ2v) is 4.67. The summed E-state index contributed by atoms with van der Waals surface area (Å²) in [5.74, 6) is -0.359. The maximum atomic E-state index is 13.3. The summed E-state index contributed by atoms with van der Waals surface area (Å²) in [6.45, 7) is 0. The molecule has 1 nitrogen and oxygen atoms in total. The van der Waals surface area contributed by atoms with E-state index in [-0.39, 0.29) is 12.2 Å². The van der Waals surface area contributed by atoms with Gasteiger partial charge in [0.1, 0.15) is 5.82 Å². The summed E-state index contributed by atoms with van der Waals surface area (Å²) in [6.07, 6.45) is 0.208. The number of rotatable bonds is 2. The highest BCUT2D eigenvalue weighted by Gasteiger charge is 2.08. The molecule has 0 heterocycles. The summed E-state index contributed by atoms with van der Waals surface area (Å²) in [5, 5.41) is 9.73. The predicted molar refractivity (Wildman–Crippen MR) is 71.2 cm³/mol. The van der Waals surface area contributed by atoms with E-state index in [1.54, 1.807) is 24.3 Å². The molecule has 4 heteroatoms. The van der Waals surface area contributed by atoms with E-state index in [4.69, 9.17) is 28.5 Å². The third kappa shape index (κ3) is 2.81. The van der Waals surface area contributed by atoms with E-state index < -0.39 is 0 Å². The van der Waals surface area contributed by atoms with E-state index in [1.165, 1.54) is 12.1 Å². The Morgan fingerprint density at radius 3 is 2.33 bits per heavy atom. The first-order valence-corrected chi connectivity index (χ1v) is 5.97. The SMILES string of the molecule is N#CCc1ccc(F)cc1-c1cc(Cl)cc(Cl)c1. The molecule has 0 atom stereocenters. The van der Waals surface area contributed by atoms with Gasteiger partial charge in [-0.05, 0) is 47.0 Å². The number of halogens is 3. The Hall–Kier alpha value is -1.56. The van der Waals surface area contributed by atoms with Crippen LogP contribution in [0.25, 0.3) is 11.1 Å². The molecule has 0 saturated heterocycles. The Labute approximate surface area is 114 Å². The van der Waals surface area contributed by atoms with Crippen molar-refractivity contribution in [1.82, 2.24) is 0 Å². The lowest BCUT2D eigenvalue weighted by atomic mass is 9.98. The normalized spacial score (nSPS) is 10.1. The van der Waals surface area contributed by atoms with Gasteiger partial charge >= 0.3 is 0 Å². The number of benzene rings is 2. The van der Waals surface area contributed by atoms with Crippen molar-refractivity contribution >= 4 is 23.2 Å². The van der Waals surface area contributed by atoms with Crippen molar-refractivity contribution in [2.75, 3.05) is 0 Å². The third-order valence-electron chi connectivity index (χ3n) is 2.51. The van der Waals surface area contributed by atoms with Crippen molar-refractivity contribution in [3.63, 3.8) is 0 Å². The molecule has 18 heavy (non-hydrogen) atoms. The smallest absolute Gasteiger partial charge is 0.123 e. The van der Waals surface area contributed by atoms with Crippen LogP contribution in [0.3, 0.4) is 0 Å². The highest BCUT2D eigenvalue weighted by Crippen LogP contribution is 2.30. The molecular formula is C14H8Cl2FN. The van der Waals surface area contributed by atoms with Crippen LogP contribution < -0.4 is 0 Å². The largest absolute Gasteiger partial charge is 0.207 e. The summed E-state index contributed by atoms with van der Waals surface area (Å²) in [5.41, 5.74) is 2.09. The molecule has 0 aliphatic carbocycles. The fourth-order valence-electron chi connectivity index (χ4n) is 1.77. The molecule has 0 aliphatic heterocycles. The quantitative estimate of drug-likeness (QED) is 0.770. The van der Waals surface area contributed by atoms with Gasteiger partial charge in [0.2, 0.25) is 0 Å². The van der Waals surface area contributed by atoms with E-state index in [0.29, 0.717) is 21.2 Å². The van der Waals surface area contributed by atoms with Crippen molar-refractivity contribution in [1.29, 1.82) is 5.26 Å². The van der Waals surface area contributed by atoms with Gasteiger partial charge in [0.05, 0.1) is 12.5 Å². The van der Waals surface area contributed by atoms with Crippen LogP contribution in [-0.2, 0) is 6.42 Å². The van der Waals surface area contributed by atoms with E-state index >= 15 is 0 Å². The molecule has 0 radical (unpaired) electrons. The molecular weight excluding hydrogens is 272 g/mol. The topological polar surface area (TPSA) is 23.8 Å². The number of nitrogens with zero attached hydrogens (tertiary/aromatic N) is 1. The van der Waals surface area contributed by atoms with Crippen LogP contribution in [0.5, 0.6) is 0 Å². The molecule has 0 fully saturated rings. The predicted octanol–water partition coefficient (Wildman–Crippen LogP) is 4.87. The first kappa shape index (κ1) is 12.9. The average Bonchev–Trinajstić information content (AvgIpc) is 2.30. The zero-order chi connectivity index (χ0) is 13.1. The minimum absolute atomic E-state index is 0.208. The van der Waals surface area contributed by atoms with E-state index in [1.807, 2.05) is 0 Å². The zero-order valence-corrected chi connectivity index (χ0v) is 10.8. The van der Waals surface area contributed by atoms with Crippen molar-refractivity contribution in [3.05, 3.63) is 57.8 Å². The average molecular weight is 280 g/mol. The Bertz CT molecular complexity index is 612. The van der Waals surface area contributed by atoms with Gasteiger partial charge in [-0.2, -0.15) is 5.26 Å². The molecule has 2 aromatic carbocycles. The molecule has 0 saturated carbocycles. The van der Waals surface area contributed by atoms with Gasteiger partial charge in [-0.15, -0.1) is 0 Å². The van der Waals surface area contributed by atoms with Gasteiger partial charge in [0, 0.05) is 10.0 Å². The molecule has 0 bridgehead atoms. The number of hydrogen-bond acceptors (Lipinski definition) is 1. The monoisotopic (exact) mass is 279 g/mol. The van der Waals surface area contributed by atoms with E-state index in [9.17, 15) is 4.39 Å². The van der Waals surface area contributed by atoms with Gasteiger partial charge in [0.15, 0.2) is 0 Å². The van der Waals surface area contributed by atoms with Crippen LogP contribution in [-0.4, -0.2) is 0 Å². The Morgan fingerprint density at radius 1 is 1.06 bits per heavy atom. The third-order valence-corrected chi connectivity index (χ3v) is 2.95. The van der Waals surface area contributed by atoms with Crippen LogP contribution >= 0.6 is 23.2 Å². The van der Waals surface area contributed by atoms with Crippen LogP contribution in [0, 0.1) is 17.1 Å². The number of nitriles is 1. The number of hydrogen-bond donors (Lipinski definition) is 0. The minimum atomic E-state index is -0.359. The summed E-state index contributed by atoms with van der Waals surface area (Å²) in [6, 6.07) is 11.4. The fourth-order valence-corrected chi connectivity index (χ4v) is 2.29. The van der Waals surface area contributed by atoms with Gasteiger partial charge < -0.3 is 0 Å². The van der Waals surface area contributed by atoms with Crippen molar-refractivity contribution < 1.29 is 4.39 Å². The summed E-state index contributed by atoms with van der Waals surface area (Å²) < 4.78 is 13.3. The van der Waals surface area contributed by atoms with E-state index in [0.717, 1.165) is 5.56 Å². The summed E-state index contributed by atoms with van der Waals surface area (Å²) >= 11 is 11.9. The van der Waals surface area contributed by atoms with Crippen LogP contribution in [0.1, 0.15) is 5.56 Å². The summed E-state index contributed by atoms with van der Waals surface area (Å²) in [7, 11) is 0. The maximum Gasteiger partial charge on any atom is 0.123 e. The summed E-state index contributed by atoms with van der Waals surface area (Å²) in [4.78, 5) is 0. The second-order valence-electron chi connectivity index (χ2n) is 3.79. The fraction of sp³-hybridized carbons (Fsp3) is 0.0714. The highest BCUT2D eigenvalue weighted by molar-refractivity contribution is 6.35. The van der Waals surface area contributed by atoms with Gasteiger partial charge in [-0.25, -0.2) is 4.39 Å². The van der Waals surface area contributed by atoms with Crippen LogP contribution in [0.15, 0.2) is 36.4 Å². The molecule has 2 aromatic rings. The van der Waals surface area contributed by atoms with Gasteiger partial charge in [0.25, 0.3) is 0 Å². The molecule has 0 aromatic heterocycles. The van der Waals surface area contributed by atoms with Gasteiger partial charge in [-0.1, -0.05) is 29.3 Å². The zero-order valence-electron chi connectivity index (χ0n) is 9.25. The van der Waals surface area contributed by atoms with Crippen molar-refractivity contribution in [2.24, 2.45) is 0 Å². The molecule has 0 amide bonds. The Balaban J connectivity index is 2.61. The Kier molecular flexibility index (Phi) is 3.86.